The van der Waals surface area contributed by atoms with Gasteiger partial charge in [0.1, 0.15) is 0 Å². The smallest absolute Gasteiger partial charge is 0.870 e. The van der Waals surface area contributed by atoms with Gasteiger partial charge in [-0.3, -0.25) is 0 Å². The molecular weight excluding hydrogens is 546 g/mol. The molecule has 0 bridgehead atoms. The van der Waals surface area contributed by atoms with Crippen LogP contribution in [0.3, 0.4) is 0 Å². The summed E-state index contributed by atoms with van der Waals surface area (Å²) < 4.78 is 0. The van der Waals surface area contributed by atoms with Gasteiger partial charge in [0.25, 0.3) is 0 Å². The molecule has 0 spiro atoms. The maximum atomic E-state index is 8.25. The number of hydrogen-bond acceptors (Lipinski definition) is 20. The minimum absolute atomic E-state index is 0. The van der Waals surface area contributed by atoms with Gasteiger partial charge in [0, 0.05) is 0 Å². The van der Waals surface area contributed by atoms with E-state index in [9.17, 15) is 0 Å². The Morgan fingerprint density at radius 1 is 0.367 bits per heavy atom. The zero-order chi connectivity index (χ0) is 14.3. The van der Waals surface area contributed by atoms with Crippen LogP contribution in [0, 0.1) is 61.3 Å². The van der Waals surface area contributed by atoms with E-state index in [4.69, 9.17) is 61.3 Å². The van der Waals surface area contributed by atoms with Crippen LogP contribution in [0.1, 0.15) is 0 Å². The number of nitrogens with zero attached hydrogens (tertiary/aromatic N) is 4. The summed E-state index contributed by atoms with van der Waals surface area (Å²) in [5.41, 5.74) is 0. The molecule has 28 nitrogen and oxygen atoms in total. The van der Waals surface area contributed by atoms with Crippen LogP contribution in [0.4, 0.5) is 0 Å². The molecular formula is H30Co2N10O18+2. The zero-order valence-corrected chi connectivity index (χ0v) is 16.7. The first-order chi connectivity index (χ1) is 6.93. The van der Waals surface area contributed by atoms with E-state index in [1.54, 1.807) is 0 Å². The molecule has 0 aliphatic heterocycles. The summed E-state index contributed by atoms with van der Waals surface area (Å²) in [5, 5.41) is 59.0. The Morgan fingerprint density at radius 2 is 0.367 bits per heavy atom. The molecule has 0 unspecified atom stereocenters. The fraction of sp³-hybridized carbons (Fsp3) is 0. The minimum Gasteiger partial charge on any atom is -0.870 e. The molecule has 30 heteroatoms. The first-order valence-corrected chi connectivity index (χ1v) is 2.19. The van der Waals surface area contributed by atoms with Crippen LogP contribution in [0.2, 0.25) is 0 Å². The third kappa shape index (κ3) is 2110. The molecule has 30 N–H and O–H groups in total. The number of rotatable bonds is 0. The van der Waals surface area contributed by atoms with E-state index >= 15 is 0 Å². The zero-order valence-electron chi connectivity index (χ0n) is 14.6. The third-order valence-electron chi connectivity index (χ3n) is 0. The third-order valence-corrected chi connectivity index (χ3v) is 0. The predicted octanol–water partition coefficient (Wildman–Crippen LogP) is -3.84. The predicted molar refractivity (Wildman–Crippen MR) is 92.4 cm³/mol. The Hall–Kier alpha value is -2.67. The SMILES string of the molecule is N.N.N.N.N.N.O.O.O=[N+]([O-])[O-].O=[N+]([O-])[O-].O=[N+]([O-])[O-].O=[N+]([O-])[O-].[Co+3].[Co+3].[OH-].[OH-].[OH3+].[OH3+]. The first-order valence-electron chi connectivity index (χ1n) is 2.19. The molecule has 0 amide bonds. The second-order valence-electron chi connectivity index (χ2n) is 0.894. The van der Waals surface area contributed by atoms with Crippen LogP contribution in [-0.4, -0.2) is 42.3 Å². The molecule has 0 atom stereocenters. The van der Waals surface area contributed by atoms with Crippen LogP contribution < -0.4 is 36.9 Å². The van der Waals surface area contributed by atoms with Gasteiger partial charge in [0.2, 0.25) is 0 Å². The van der Waals surface area contributed by atoms with Gasteiger partial charge in [0.05, 0.1) is 20.3 Å². The van der Waals surface area contributed by atoms with Gasteiger partial charge in [-0.05, 0) is 0 Å². The van der Waals surface area contributed by atoms with Crippen molar-refractivity contribution in [3.63, 3.8) is 0 Å². The van der Waals surface area contributed by atoms with Gasteiger partial charge in [0.15, 0.2) is 0 Å². The topological polar surface area (TPSA) is 664 Å². The summed E-state index contributed by atoms with van der Waals surface area (Å²) in [5.74, 6) is 0. The summed E-state index contributed by atoms with van der Waals surface area (Å²) >= 11 is 0. The summed E-state index contributed by atoms with van der Waals surface area (Å²) in [6, 6.07) is 0. The Morgan fingerprint density at radius 3 is 0.367 bits per heavy atom. The molecule has 0 aliphatic rings. The van der Waals surface area contributed by atoms with E-state index < -0.39 is 20.3 Å². The number of hydrogen-bond donors (Lipinski definition) is 6. The molecule has 0 fully saturated rings. The Kier molecular flexibility index (Phi) is 1410. The molecule has 0 saturated carbocycles. The summed E-state index contributed by atoms with van der Waals surface area (Å²) in [6.07, 6.45) is 0. The average Bonchev–Trinajstić information content (AvgIpc) is 1.76. The summed E-state index contributed by atoms with van der Waals surface area (Å²) in [4.78, 5) is 33.0. The van der Waals surface area contributed by atoms with Crippen molar-refractivity contribution in [3.05, 3.63) is 61.3 Å². The Balaban J connectivity index is -0.00000000346. The normalized spacial score (nSPS) is 3.20. The molecule has 0 aromatic heterocycles. The molecule has 0 rings (SSSR count). The molecule has 0 radical (unpaired) electrons. The second kappa shape index (κ2) is 194. The van der Waals surface area contributed by atoms with Crippen molar-refractivity contribution >= 4 is 0 Å². The first kappa shape index (κ1) is 218. The average molecular weight is 576 g/mol. The monoisotopic (exact) mass is 576 g/mol. The molecule has 204 valence electrons. The van der Waals surface area contributed by atoms with Crippen molar-refractivity contribution in [2.45, 2.75) is 0 Å². The molecule has 0 saturated heterocycles. The van der Waals surface area contributed by atoms with Gasteiger partial charge < -0.3 is 131 Å². The van der Waals surface area contributed by atoms with E-state index in [1.807, 2.05) is 0 Å². The van der Waals surface area contributed by atoms with Gasteiger partial charge >= 0.3 is 33.6 Å². The van der Waals surface area contributed by atoms with Crippen molar-refractivity contribution in [3.8, 4) is 0 Å². The molecule has 0 aliphatic carbocycles. The van der Waals surface area contributed by atoms with Gasteiger partial charge in [-0.15, -0.1) is 0 Å². The van der Waals surface area contributed by atoms with Crippen LogP contribution in [0.15, 0.2) is 0 Å². The van der Waals surface area contributed by atoms with Crippen LogP contribution in [0.5, 0.6) is 0 Å². The quantitative estimate of drug-likeness (QED) is 0.0913. The Bertz CT molecular complexity index is 177. The van der Waals surface area contributed by atoms with Crippen LogP contribution in [-0.2, 0) is 44.5 Å². The van der Waals surface area contributed by atoms with E-state index in [-0.39, 0.29) is 103 Å². The van der Waals surface area contributed by atoms with Gasteiger partial charge in [-0.2, -0.15) is 0 Å². The van der Waals surface area contributed by atoms with Crippen molar-refractivity contribution in [2.75, 3.05) is 0 Å². The van der Waals surface area contributed by atoms with E-state index in [1.165, 1.54) is 0 Å². The Labute approximate surface area is 185 Å². The summed E-state index contributed by atoms with van der Waals surface area (Å²) in [6.45, 7) is 0. The van der Waals surface area contributed by atoms with Gasteiger partial charge in [-0.25, -0.2) is 0 Å². The van der Waals surface area contributed by atoms with E-state index in [0.717, 1.165) is 0 Å². The van der Waals surface area contributed by atoms with Crippen molar-refractivity contribution in [2.24, 2.45) is 0 Å². The second-order valence-corrected chi connectivity index (χ2v) is 0.894. The standard InChI is InChI=1S/2Co.4NO3.6H3N.6H2O/c;;4*2-1(3)4;;;;;;;;;;;;/h;;;;;;6*1H3;6*1H2/q2*+3;4*-1;;;;;;;;;;;;. The maximum absolute atomic E-state index is 8.25. The van der Waals surface area contributed by atoms with Crippen LogP contribution in [0.25, 0.3) is 0 Å². The molecule has 0 aromatic carbocycles. The van der Waals surface area contributed by atoms with Crippen molar-refractivity contribution < 1.29 is 86.8 Å². The fourth-order valence-corrected chi connectivity index (χ4v) is 0. The molecule has 30 heavy (non-hydrogen) atoms. The minimum atomic E-state index is -1.75. The maximum Gasteiger partial charge on any atom is 3.00 e. The fourth-order valence-electron chi connectivity index (χ4n) is 0. The van der Waals surface area contributed by atoms with Crippen LogP contribution >= 0.6 is 0 Å². The largest absolute Gasteiger partial charge is 3.00 e. The molecule has 0 aromatic rings. The van der Waals surface area contributed by atoms with E-state index in [2.05, 4.69) is 0 Å². The molecule has 0 heterocycles. The van der Waals surface area contributed by atoms with Gasteiger partial charge in [-0.1, -0.05) is 0 Å². The van der Waals surface area contributed by atoms with Crippen molar-refractivity contribution in [1.82, 2.24) is 36.9 Å². The summed E-state index contributed by atoms with van der Waals surface area (Å²) in [7, 11) is 0. The van der Waals surface area contributed by atoms with E-state index in [0.29, 0.717) is 0 Å². The van der Waals surface area contributed by atoms with Crippen molar-refractivity contribution in [1.29, 1.82) is 0 Å².